The normalized spacial score (nSPS) is 12.3. The van der Waals surface area contributed by atoms with Crippen molar-refractivity contribution < 1.29 is 15.0 Å². The summed E-state index contributed by atoms with van der Waals surface area (Å²) in [6.45, 7) is 5.31. The number of hydrogen-bond donors (Lipinski definition) is 2. The molecule has 17 heavy (non-hydrogen) atoms. The molecule has 0 aliphatic rings. The zero-order chi connectivity index (χ0) is 12.8. The number of carboxylic acid groups (broad SMARTS) is 1. The van der Waals surface area contributed by atoms with Crippen LogP contribution in [-0.4, -0.2) is 16.2 Å². The average molecular weight is 230 g/mol. The summed E-state index contributed by atoms with van der Waals surface area (Å²) in [4.78, 5) is 10.7. The fourth-order valence-electron chi connectivity index (χ4n) is 1.25. The smallest absolute Gasteiger partial charge is 0.335 e. The van der Waals surface area contributed by atoms with E-state index >= 15 is 0 Å². The van der Waals surface area contributed by atoms with E-state index in [0.717, 1.165) is 11.1 Å². The van der Waals surface area contributed by atoms with Crippen molar-refractivity contribution in [2.75, 3.05) is 0 Å². The molecule has 3 heteroatoms. The molecule has 0 aromatic heterocycles. The number of aliphatic hydroxyl groups is 1. The first-order valence-corrected chi connectivity index (χ1v) is 5.08. The van der Waals surface area contributed by atoms with Crippen LogP contribution in [0.2, 0.25) is 0 Å². The maximum atomic E-state index is 10.7. The molecule has 1 aromatic carbocycles. The van der Waals surface area contributed by atoms with E-state index in [1.807, 2.05) is 6.92 Å². The first-order chi connectivity index (χ1) is 8.04. The molecule has 0 saturated heterocycles. The Morgan fingerprint density at radius 2 is 1.65 bits per heavy atom. The van der Waals surface area contributed by atoms with Gasteiger partial charge in [0.2, 0.25) is 0 Å². The van der Waals surface area contributed by atoms with Crippen LogP contribution in [0.1, 0.15) is 22.8 Å². The Hall–Kier alpha value is -2.29. The highest BCUT2D eigenvalue weighted by molar-refractivity contribution is 5.88. The van der Waals surface area contributed by atoms with Crippen molar-refractivity contribution in [3.05, 3.63) is 66.0 Å². The van der Waals surface area contributed by atoms with Gasteiger partial charge in [-0.3, -0.25) is 0 Å². The van der Waals surface area contributed by atoms with Crippen molar-refractivity contribution in [3.63, 3.8) is 0 Å². The maximum Gasteiger partial charge on any atom is 0.335 e. The number of carbonyl (C=O) groups is 1. The summed E-state index contributed by atoms with van der Waals surface area (Å²) in [5, 5.41) is 17.9. The summed E-state index contributed by atoms with van der Waals surface area (Å²) in [5.41, 5.74) is 2.09. The molecule has 0 saturated carbocycles. The molecule has 88 valence electrons. The monoisotopic (exact) mass is 230 g/mol. The fourth-order valence-corrected chi connectivity index (χ4v) is 1.25. The van der Waals surface area contributed by atoms with E-state index < -0.39 is 5.97 Å². The number of hydrogen-bond acceptors (Lipinski definition) is 2. The van der Waals surface area contributed by atoms with Crippen LogP contribution in [-0.2, 0) is 0 Å². The Morgan fingerprint density at radius 3 is 2.12 bits per heavy atom. The van der Waals surface area contributed by atoms with Crippen molar-refractivity contribution in [1.29, 1.82) is 0 Å². The number of aliphatic hydroxyl groups excluding tert-OH is 1. The molecule has 1 aromatic rings. The van der Waals surface area contributed by atoms with Crippen LogP contribution < -0.4 is 0 Å². The minimum Gasteiger partial charge on any atom is -0.508 e. The Labute approximate surface area is 100 Å². The van der Waals surface area contributed by atoms with Crippen LogP contribution in [0, 0.1) is 0 Å². The Morgan fingerprint density at radius 1 is 1.12 bits per heavy atom. The summed E-state index contributed by atoms with van der Waals surface area (Å²) in [6, 6.07) is 6.56. The zero-order valence-corrected chi connectivity index (χ0v) is 9.55. The molecule has 0 amide bonds. The third-order valence-corrected chi connectivity index (χ3v) is 2.30. The second kappa shape index (κ2) is 5.70. The van der Waals surface area contributed by atoms with Crippen LogP contribution in [0.15, 0.2) is 54.8 Å². The predicted octanol–water partition coefficient (Wildman–Crippen LogP) is 3.42. The van der Waals surface area contributed by atoms with Gasteiger partial charge in [0.15, 0.2) is 0 Å². The molecule has 0 heterocycles. The number of allylic oxidation sites excluding steroid dienone is 4. The van der Waals surface area contributed by atoms with E-state index in [1.165, 1.54) is 12.2 Å². The minimum atomic E-state index is -0.942. The lowest BCUT2D eigenvalue weighted by atomic mass is 10.0. The van der Waals surface area contributed by atoms with E-state index in [1.54, 1.807) is 30.3 Å². The highest BCUT2D eigenvalue weighted by Gasteiger charge is 2.01. The van der Waals surface area contributed by atoms with E-state index in [9.17, 15) is 9.90 Å². The molecule has 0 radical (unpaired) electrons. The van der Waals surface area contributed by atoms with Gasteiger partial charge in [0.05, 0.1) is 5.56 Å². The van der Waals surface area contributed by atoms with Crippen LogP contribution in [0.5, 0.6) is 0 Å². The topological polar surface area (TPSA) is 57.5 Å². The maximum absolute atomic E-state index is 10.7. The van der Waals surface area contributed by atoms with Gasteiger partial charge >= 0.3 is 5.97 Å². The molecule has 1 rings (SSSR count). The molecule has 0 bridgehead atoms. The van der Waals surface area contributed by atoms with Crippen molar-refractivity contribution in [1.82, 2.24) is 0 Å². The zero-order valence-electron chi connectivity index (χ0n) is 9.55. The highest BCUT2D eigenvalue weighted by atomic mass is 16.4. The summed E-state index contributed by atoms with van der Waals surface area (Å²) < 4.78 is 0. The molecular weight excluding hydrogens is 216 g/mol. The molecule has 0 unspecified atom stereocenters. The molecule has 0 atom stereocenters. The van der Waals surface area contributed by atoms with Gasteiger partial charge in [-0.15, -0.1) is 0 Å². The first-order valence-electron chi connectivity index (χ1n) is 5.08. The van der Waals surface area contributed by atoms with E-state index in [-0.39, 0.29) is 11.3 Å². The van der Waals surface area contributed by atoms with Crippen molar-refractivity contribution in [3.8, 4) is 0 Å². The quantitative estimate of drug-likeness (QED) is 0.615. The second-order valence-corrected chi connectivity index (χ2v) is 3.53. The van der Waals surface area contributed by atoms with Gasteiger partial charge in [0.25, 0.3) is 0 Å². The predicted molar refractivity (Wildman–Crippen MR) is 68.0 cm³/mol. The standard InChI is InChI=1S/C14H14O3/c1-3-13(15)9-4-10(2)11-5-7-12(8-6-11)14(16)17/h3-9,15H,1H2,2H3,(H,16,17)/b10-4+,13-9+. The third kappa shape index (κ3) is 3.65. The van der Waals surface area contributed by atoms with Gasteiger partial charge in [0.1, 0.15) is 5.76 Å². The van der Waals surface area contributed by atoms with Crippen LogP contribution in [0.25, 0.3) is 5.57 Å². The van der Waals surface area contributed by atoms with Gasteiger partial charge in [-0.05, 0) is 42.3 Å². The summed E-state index contributed by atoms with van der Waals surface area (Å²) >= 11 is 0. The Bertz CT molecular complexity index is 479. The third-order valence-electron chi connectivity index (χ3n) is 2.30. The molecule has 3 nitrogen and oxygen atoms in total. The Balaban J connectivity index is 2.93. The van der Waals surface area contributed by atoms with Gasteiger partial charge < -0.3 is 10.2 Å². The number of aromatic carboxylic acids is 1. The average Bonchev–Trinajstić information content (AvgIpc) is 2.35. The van der Waals surface area contributed by atoms with Crippen molar-refractivity contribution in [2.24, 2.45) is 0 Å². The summed E-state index contributed by atoms with van der Waals surface area (Å²) in [5.74, 6) is -0.853. The van der Waals surface area contributed by atoms with Crippen LogP contribution in [0.4, 0.5) is 0 Å². The minimum absolute atomic E-state index is 0.0894. The molecule has 0 aliphatic heterocycles. The van der Waals surface area contributed by atoms with Gasteiger partial charge in [0, 0.05) is 0 Å². The molecular formula is C14H14O3. The Kier molecular flexibility index (Phi) is 4.29. The second-order valence-electron chi connectivity index (χ2n) is 3.53. The first kappa shape index (κ1) is 12.8. The number of carboxylic acids is 1. The molecule has 0 fully saturated rings. The van der Waals surface area contributed by atoms with Crippen molar-refractivity contribution >= 4 is 11.5 Å². The van der Waals surface area contributed by atoms with Gasteiger partial charge in [-0.2, -0.15) is 0 Å². The number of benzene rings is 1. The van der Waals surface area contributed by atoms with E-state index in [4.69, 9.17) is 5.11 Å². The van der Waals surface area contributed by atoms with E-state index in [2.05, 4.69) is 6.58 Å². The van der Waals surface area contributed by atoms with E-state index in [0.29, 0.717) is 0 Å². The van der Waals surface area contributed by atoms with Crippen molar-refractivity contribution in [2.45, 2.75) is 6.92 Å². The van der Waals surface area contributed by atoms with Crippen LogP contribution >= 0.6 is 0 Å². The summed E-state index contributed by atoms with van der Waals surface area (Å²) in [7, 11) is 0. The molecule has 2 N–H and O–H groups in total. The fraction of sp³-hybridized carbons (Fsp3) is 0.0714. The van der Waals surface area contributed by atoms with Gasteiger partial charge in [-0.1, -0.05) is 24.8 Å². The molecule has 0 aliphatic carbocycles. The summed E-state index contributed by atoms with van der Waals surface area (Å²) in [6.07, 6.45) is 4.62. The lowest BCUT2D eigenvalue weighted by Crippen LogP contribution is -1.95. The number of rotatable bonds is 4. The highest BCUT2D eigenvalue weighted by Crippen LogP contribution is 2.15. The van der Waals surface area contributed by atoms with Crippen LogP contribution in [0.3, 0.4) is 0 Å². The lowest BCUT2D eigenvalue weighted by Gasteiger charge is -2.01. The largest absolute Gasteiger partial charge is 0.508 e. The molecule has 0 spiro atoms. The lowest BCUT2D eigenvalue weighted by molar-refractivity contribution is 0.0697. The van der Waals surface area contributed by atoms with Gasteiger partial charge in [-0.25, -0.2) is 4.79 Å². The SMILES string of the molecule is C=C/C(O)=C\C=C(/C)c1ccc(C(=O)O)cc1.